The van der Waals surface area contributed by atoms with E-state index in [1.807, 2.05) is 59.0 Å². The fourth-order valence-corrected chi connectivity index (χ4v) is 5.66. The van der Waals surface area contributed by atoms with Crippen LogP contribution in [0.5, 0.6) is 11.5 Å². The molecule has 0 saturated carbocycles. The van der Waals surface area contributed by atoms with Crippen molar-refractivity contribution in [3.05, 3.63) is 58.7 Å². The molecule has 198 valence electrons. The zero-order valence-electron chi connectivity index (χ0n) is 20.9. The SMILES string of the molecule is COc1cc2c(cc1-c1ccn(C)c1)-c1c(c(C(=O)N(C(O)(O)O)C3(C)COC3)nn1-c1ccsc1)CO2. The zero-order valence-corrected chi connectivity index (χ0v) is 21.7. The lowest BCUT2D eigenvalue weighted by Gasteiger charge is -2.49. The second-order valence-corrected chi connectivity index (χ2v) is 10.5. The molecule has 1 amide bonds. The maximum atomic E-state index is 13.8. The molecule has 0 bridgehead atoms. The lowest BCUT2D eigenvalue weighted by Crippen LogP contribution is -2.69. The molecule has 1 aromatic carbocycles. The van der Waals surface area contributed by atoms with Gasteiger partial charge in [0.15, 0.2) is 5.69 Å². The van der Waals surface area contributed by atoms with Crippen molar-refractivity contribution in [2.75, 3.05) is 20.3 Å². The smallest absolute Gasteiger partial charge is 0.372 e. The second kappa shape index (κ2) is 8.68. The van der Waals surface area contributed by atoms with Crippen LogP contribution in [0.15, 0.2) is 47.4 Å². The minimum atomic E-state index is -3.42. The molecule has 11 nitrogen and oxygen atoms in total. The Morgan fingerprint density at radius 2 is 2.03 bits per heavy atom. The van der Waals surface area contributed by atoms with E-state index in [2.05, 4.69) is 5.10 Å². The summed E-state index contributed by atoms with van der Waals surface area (Å²) in [5.74, 6) is 0.324. The van der Waals surface area contributed by atoms with Gasteiger partial charge < -0.3 is 34.1 Å². The number of aliphatic hydroxyl groups is 3. The maximum Gasteiger partial charge on any atom is 0.372 e. The molecular weight excluding hydrogens is 512 g/mol. The Labute approximate surface area is 221 Å². The molecule has 0 atom stereocenters. The summed E-state index contributed by atoms with van der Waals surface area (Å²) < 4.78 is 20.5. The number of nitrogens with zero attached hydrogens (tertiary/aromatic N) is 4. The van der Waals surface area contributed by atoms with E-state index in [0.29, 0.717) is 33.2 Å². The number of methoxy groups -OCH3 is 1. The number of hydrogen-bond acceptors (Lipinski definition) is 9. The van der Waals surface area contributed by atoms with Crippen LogP contribution in [0.4, 0.5) is 0 Å². The third-order valence-electron chi connectivity index (χ3n) is 6.88. The van der Waals surface area contributed by atoms with Gasteiger partial charge in [-0.1, -0.05) is 0 Å². The van der Waals surface area contributed by atoms with Gasteiger partial charge in [-0.15, -0.1) is 0 Å². The molecule has 4 aromatic rings. The molecule has 0 unspecified atom stereocenters. The number of benzene rings is 1. The number of carbonyl (C=O) groups is 1. The van der Waals surface area contributed by atoms with E-state index in [-0.39, 0.29) is 25.5 Å². The van der Waals surface area contributed by atoms with Crippen molar-refractivity contribution in [2.45, 2.75) is 25.2 Å². The standard InChI is InChI=1S/C26H26N4O7S/c1-25(13-36-14-25)30(26(32,33)34)24(31)22-19-11-37-21-9-20(35-3)17(15-4-6-28(2)10-15)8-18(21)23(19)29(27-22)16-5-7-38-12-16/h4-10,12,32-34H,11,13-14H2,1-3H3. The molecule has 2 aliphatic heterocycles. The molecule has 0 radical (unpaired) electrons. The Hall–Kier alpha value is -3.68. The van der Waals surface area contributed by atoms with E-state index in [1.54, 1.807) is 18.7 Å². The van der Waals surface area contributed by atoms with Gasteiger partial charge in [-0.3, -0.25) is 9.69 Å². The van der Waals surface area contributed by atoms with Crippen molar-refractivity contribution in [1.29, 1.82) is 0 Å². The Kier molecular flexibility index (Phi) is 5.63. The Morgan fingerprint density at radius 1 is 1.24 bits per heavy atom. The first-order valence-electron chi connectivity index (χ1n) is 11.8. The van der Waals surface area contributed by atoms with Gasteiger partial charge in [-0.25, -0.2) is 4.68 Å². The zero-order chi connectivity index (χ0) is 26.8. The van der Waals surface area contributed by atoms with Crippen molar-refractivity contribution < 1.29 is 34.3 Å². The van der Waals surface area contributed by atoms with Crippen LogP contribution < -0.4 is 9.47 Å². The van der Waals surface area contributed by atoms with E-state index in [1.165, 1.54) is 11.3 Å². The number of amides is 1. The largest absolute Gasteiger partial charge is 0.496 e. The summed E-state index contributed by atoms with van der Waals surface area (Å²) in [5, 5.41) is 38.9. The summed E-state index contributed by atoms with van der Waals surface area (Å²) in [4.78, 5) is 14.4. The second-order valence-electron chi connectivity index (χ2n) is 9.70. The normalized spacial score (nSPS) is 15.7. The molecule has 12 heteroatoms. The van der Waals surface area contributed by atoms with Gasteiger partial charge in [0, 0.05) is 53.1 Å². The third-order valence-corrected chi connectivity index (χ3v) is 7.55. The third kappa shape index (κ3) is 3.80. The lowest BCUT2D eigenvalue weighted by molar-refractivity contribution is -0.405. The summed E-state index contributed by atoms with van der Waals surface area (Å²) in [6.45, 7) is 1.64. The Morgan fingerprint density at radius 3 is 2.61 bits per heavy atom. The highest BCUT2D eigenvalue weighted by atomic mass is 32.1. The fourth-order valence-electron chi connectivity index (χ4n) is 5.05. The van der Waals surface area contributed by atoms with Gasteiger partial charge in [0.05, 0.1) is 37.2 Å². The molecule has 3 N–H and O–H groups in total. The van der Waals surface area contributed by atoms with Crippen LogP contribution in [0, 0.1) is 0 Å². The molecule has 5 heterocycles. The molecule has 1 fully saturated rings. The molecule has 0 spiro atoms. The first-order chi connectivity index (χ1) is 18.1. The van der Waals surface area contributed by atoms with Gasteiger partial charge in [-0.2, -0.15) is 16.4 Å². The van der Waals surface area contributed by atoms with E-state index in [0.717, 1.165) is 16.8 Å². The van der Waals surface area contributed by atoms with Crippen molar-refractivity contribution >= 4 is 17.2 Å². The summed E-state index contributed by atoms with van der Waals surface area (Å²) >= 11 is 1.47. The minimum absolute atomic E-state index is 0.00226. The number of hydrogen-bond donors (Lipinski definition) is 3. The van der Waals surface area contributed by atoms with Gasteiger partial charge in [0.2, 0.25) is 0 Å². The lowest BCUT2D eigenvalue weighted by atomic mass is 9.95. The Balaban J connectivity index is 1.57. The maximum absolute atomic E-state index is 13.8. The van der Waals surface area contributed by atoms with E-state index in [4.69, 9.17) is 14.2 Å². The van der Waals surface area contributed by atoms with Gasteiger partial charge in [0.1, 0.15) is 18.1 Å². The molecule has 3 aromatic heterocycles. The first kappa shape index (κ1) is 24.6. The average Bonchev–Trinajstić information content (AvgIpc) is 3.60. The quantitative estimate of drug-likeness (QED) is 0.319. The van der Waals surface area contributed by atoms with Crippen LogP contribution in [-0.4, -0.2) is 72.4 Å². The summed E-state index contributed by atoms with van der Waals surface area (Å²) in [6.07, 6.45) is 0.491. The minimum Gasteiger partial charge on any atom is -0.496 e. The number of thiophene rings is 1. The van der Waals surface area contributed by atoms with Crippen molar-refractivity contribution in [3.63, 3.8) is 0 Å². The number of ether oxygens (including phenoxy) is 3. The number of fused-ring (bicyclic) bond motifs is 3. The highest BCUT2D eigenvalue weighted by molar-refractivity contribution is 7.08. The Bertz CT molecular complexity index is 1530. The number of carbonyl (C=O) groups excluding carboxylic acids is 1. The van der Waals surface area contributed by atoms with Crippen molar-refractivity contribution in [1.82, 2.24) is 19.2 Å². The van der Waals surface area contributed by atoms with Gasteiger partial charge >= 0.3 is 6.10 Å². The molecular formula is C26H26N4O7S. The highest BCUT2D eigenvalue weighted by Crippen LogP contribution is 2.46. The van der Waals surface area contributed by atoms with E-state index in [9.17, 15) is 20.1 Å². The topological polar surface area (TPSA) is 131 Å². The molecule has 1 saturated heterocycles. The first-order valence-corrected chi connectivity index (χ1v) is 12.8. The van der Waals surface area contributed by atoms with E-state index < -0.39 is 17.5 Å². The van der Waals surface area contributed by atoms with Crippen molar-refractivity contribution in [3.8, 4) is 39.6 Å². The van der Waals surface area contributed by atoms with Crippen LogP contribution in [0.1, 0.15) is 23.0 Å². The van der Waals surface area contributed by atoms with Crippen LogP contribution >= 0.6 is 11.3 Å². The highest BCUT2D eigenvalue weighted by Gasteiger charge is 2.53. The number of aryl methyl sites for hydroxylation is 1. The molecule has 38 heavy (non-hydrogen) atoms. The summed E-state index contributed by atoms with van der Waals surface area (Å²) in [7, 11) is 3.53. The van der Waals surface area contributed by atoms with E-state index >= 15 is 0 Å². The molecule has 2 aliphatic rings. The summed E-state index contributed by atoms with van der Waals surface area (Å²) in [5.41, 5.74) is 3.05. The van der Waals surface area contributed by atoms with Gasteiger partial charge in [-0.05, 0) is 30.5 Å². The average molecular weight is 539 g/mol. The number of rotatable bonds is 6. The predicted octanol–water partition coefficient (Wildman–Crippen LogP) is 2.33. The summed E-state index contributed by atoms with van der Waals surface area (Å²) in [6, 6.07) is 7.60. The number of aromatic nitrogens is 3. The van der Waals surface area contributed by atoms with Crippen LogP contribution in [-0.2, 0) is 18.4 Å². The fraction of sp³-hybridized carbons (Fsp3) is 0.308. The monoisotopic (exact) mass is 538 g/mol. The van der Waals surface area contributed by atoms with Crippen LogP contribution in [0.2, 0.25) is 0 Å². The van der Waals surface area contributed by atoms with Crippen molar-refractivity contribution in [2.24, 2.45) is 7.05 Å². The molecule has 6 rings (SSSR count). The van der Waals surface area contributed by atoms with Crippen LogP contribution in [0.3, 0.4) is 0 Å². The molecule has 0 aliphatic carbocycles. The van der Waals surface area contributed by atoms with Gasteiger partial charge in [0.25, 0.3) is 5.91 Å². The predicted molar refractivity (Wildman–Crippen MR) is 137 cm³/mol. The van der Waals surface area contributed by atoms with Crippen LogP contribution in [0.25, 0.3) is 28.1 Å².